The van der Waals surface area contributed by atoms with Gasteiger partial charge in [0.1, 0.15) is 3.92 Å². The average molecular weight is 244 g/mol. The number of aliphatic hydroxyl groups excluding tert-OH is 1. The highest BCUT2D eigenvalue weighted by Gasteiger charge is 2.20. The molecule has 0 rings (SSSR count). The molecule has 0 aliphatic carbocycles. The molecule has 2 N–H and O–H groups in total. The van der Waals surface area contributed by atoms with Gasteiger partial charge in [0.25, 0.3) is 0 Å². The molecule has 0 aromatic heterocycles. The normalized spacial score (nSPS) is 16.8. The van der Waals surface area contributed by atoms with Crippen molar-refractivity contribution in [2.45, 2.75) is 23.4 Å². The van der Waals surface area contributed by atoms with Gasteiger partial charge in [-0.05, 0) is 6.42 Å². The topological polar surface area (TPSA) is 57.5 Å². The summed E-state index contributed by atoms with van der Waals surface area (Å²) >= 11 is 1.71. The van der Waals surface area contributed by atoms with Crippen LogP contribution in [0.1, 0.15) is 13.3 Å². The average Bonchev–Trinajstić information content (AvgIpc) is 1.84. The molecule has 2 atom stereocenters. The first-order valence-corrected chi connectivity index (χ1v) is 3.89. The van der Waals surface area contributed by atoms with Gasteiger partial charge < -0.3 is 10.2 Å². The highest BCUT2D eigenvalue weighted by Crippen LogP contribution is 2.08. The predicted octanol–water partition coefficient (Wildman–Crippen LogP) is 0.645. The monoisotopic (exact) mass is 244 g/mol. The Balaban J connectivity index is 3.72. The van der Waals surface area contributed by atoms with Gasteiger partial charge in [-0.25, -0.2) is 0 Å². The van der Waals surface area contributed by atoms with E-state index in [-0.39, 0.29) is 0 Å². The molecule has 0 bridgehead atoms. The van der Waals surface area contributed by atoms with E-state index in [1.807, 2.05) is 0 Å². The number of hydrogen-bond acceptors (Lipinski definition) is 2. The fourth-order valence-electron chi connectivity index (χ4n) is 0.372. The molecule has 0 aromatic rings. The molecule has 0 amide bonds. The zero-order valence-corrected chi connectivity index (χ0v) is 7.20. The largest absolute Gasteiger partial charge is 0.480 e. The Morgan fingerprint density at radius 1 is 1.78 bits per heavy atom. The van der Waals surface area contributed by atoms with Gasteiger partial charge in [0.05, 0.1) is 6.10 Å². The Bertz CT molecular complexity index is 104. The van der Waals surface area contributed by atoms with E-state index in [0.29, 0.717) is 6.42 Å². The molecular weight excluding hydrogens is 235 g/mol. The molecule has 0 radical (unpaired) electrons. The Hall–Kier alpha value is 0.160. The summed E-state index contributed by atoms with van der Waals surface area (Å²) in [7, 11) is 0. The maximum Gasteiger partial charge on any atom is 0.319 e. The van der Waals surface area contributed by atoms with Crippen molar-refractivity contribution >= 4 is 28.6 Å². The van der Waals surface area contributed by atoms with Gasteiger partial charge in [0.15, 0.2) is 0 Å². The van der Waals surface area contributed by atoms with E-state index in [9.17, 15) is 4.79 Å². The lowest BCUT2D eigenvalue weighted by Gasteiger charge is -2.09. The molecule has 3 nitrogen and oxygen atoms in total. The van der Waals surface area contributed by atoms with Gasteiger partial charge >= 0.3 is 5.97 Å². The first-order chi connectivity index (χ1) is 4.09. The zero-order chi connectivity index (χ0) is 7.44. The third-order valence-corrected chi connectivity index (χ3v) is 2.35. The number of alkyl halides is 1. The number of halogens is 1. The van der Waals surface area contributed by atoms with Crippen molar-refractivity contribution in [2.75, 3.05) is 0 Å². The molecule has 54 valence electrons. The molecule has 0 heterocycles. The van der Waals surface area contributed by atoms with E-state index in [4.69, 9.17) is 10.2 Å². The summed E-state index contributed by atoms with van der Waals surface area (Å²) in [5, 5.41) is 17.2. The Morgan fingerprint density at radius 2 is 2.22 bits per heavy atom. The molecule has 0 fully saturated rings. The number of hydrogen-bond donors (Lipinski definition) is 2. The van der Waals surface area contributed by atoms with Crippen LogP contribution in [0.25, 0.3) is 0 Å². The van der Waals surface area contributed by atoms with Gasteiger partial charge in [-0.15, -0.1) is 0 Å². The van der Waals surface area contributed by atoms with E-state index in [1.165, 1.54) is 0 Å². The molecule has 0 aromatic carbocycles. The molecule has 4 heteroatoms. The van der Waals surface area contributed by atoms with Gasteiger partial charge in [-0.2, -0.15) is 0 Å². The minimum Gasteiger partial charge on any atom is -0.480 e. The van der Waals surface area contributed by atoms with Crippen LogP contribution in [0.15, 0.2) is 0 Å². The van der Waals surface area contributed by atoms with E-state index < -0.39 is 16.0 Å². The van der Waals surface area contributed by atoms with Crippen molar-refractivity contribution < 1.29 is 15.0 Å². The second-order valence-corrected chi connectivity index (χ2v) is 3.06. The van der Waals surface area contributed by atoms with Crippen LogP contribution in [0.4, 0.5) is 0 Å². The predicted molar refractivity (Wildman–Crippen MR) is 41.7 cm³/mol. The van der Waals surface area contributed by atoms with Crippen LogP contribution in [0.5, 0.6) is 0 Å². The van der Waals surface area contributed by atoms with Crippen LogP contribution in [0.3, 0.4) is 0 Å². The summed E-state index contributed by atoms with van der Waals surface area (Å²) in [6, 6.07) is 0. The fourth-order valence-corrected chi connectivity index (χ4v) is 0.880. The van der Waals surface area contributed by atoms with Crippen molar-refractivity contribution in [3.05, 3.63) is 0 Å². The number of carboxylic acid groups (broad SMARTS) is 1. The second kappa shape index (κ2) is 4.05. The summed E-state index contributed by atoms with van der Waals surface area (Å²) in [6.45, 7) is 1.75. The SMILES string of the molecule is CC[C@@H](O)[C@@H](I)C(=O)O. The third kappa shape index (κ3) is 3.00. The van der Waals surface area contributed by atoms with Crippen molar-refractivity contribution in [1.82, 2.24) is 0 Å². The van der Waals surface area contributed by atoms with Crippen LogP contribution < -0.4 is 0 Å². The van der Waals surface area contributed by atoms with Crippen molar-refractivity contribution in [1.29, 1.82) is 0 Å². The summed E-state index contributed by atoms with van der Waals surface area (Å²) in [5.74, 6) is -0.954. The van der Waals surface area contributed by atoms with E-state index >= 15 is 0 Å². The van der Waals surface area contributed by atoms with E-state index in [1.54, 1.807) is 29.5 Å². The van der Waals surface area contributed by atoms with Crippen LogP contribution in [-0.2, 0) is 4.79 Å². The molecule has 0 saturated carbocycles. The summed E-state index contributed by atoms with van der Waals surface area (Å²) < 4.78 is -0.674. The maximum absolute atomic E-state index is 10.1. The molecule has 0 aliphatic heterocycles. The van der Waals surface area contributed by atoms with Crippen molar-refractivity contribution in [3.63, 3.8) is 0 Å². The number of rotatable bonds is 3. The molecule has 0 unspecified atom stereocenters. The molecule has 0 saturated heterocycles. The minimum atomic E-state index is -0.954. The number of aliphatic carboxylic acids is 1. The summed E-state index contributed by atoms with van der Waals surface area (Å²) in [5.41, 5.74) is 0. The van der Waals surface area contributed by atoms with E-state index in [0.717, 1.165) is 0 Å². The number of aliphatic hydroxyl groups is 1. The van der Waals surface area contributed by atoms with Crippen LogP contribution in [0.2, 0.25) is 0 Å². The van der Waals surface area contributed by atoms with E-state index in [2.05, 4.69) is 0 Å². The first-order valence-electron chi connectivity index (χ1n) is 2.64. The number of carboxylic acids is 1. The third-order valence-electron chi connectivity index (χ3n) is 0.992. The molecule has 9 heavy (non-hydrogen) atoms. The molecule has 0 spiro atoms. The highest BCUT2D eigenvalue weighted by atomic mass is 127. The van der Waals surface area contributed by atoms with Crippen molar-refractivity contribution in [3.8, 4) is 0 Å². The minimum absolute atomic E-state index is 0.486. The van der Waals surface area contributed by atoms with Gasteiger partial charge in [-0.1, -0.05) is 29.5 Å². The first kappa shape index (κ1) is 9.16. The lowest BCUT2D eigenvalue weighted by atomic mass is 10.2. The van der Waals surface area contributed by atoms with Crippen LogP contribution >= 0.6 is 22.6 Å². The van der Waals surface area contributed by atoms with Crippen molar-refractivity contribution in [2.24, 2.45) is 0 Å². The van der Waals surface area contributed by atoms with Crippen LogP contribution in [-0.4, -0.2) is 26.2 Å². The Labute approximate surface area is 67.2 Å². The zero-order valence-electron chi connectivity index (χ0n) is 5.04. The van der Waals surface area contributed by atoms with Gasteiger partial charge in [0, 0.05) is 0 Å². The fraction of sp³-hybridized carbons (Fsp3) is 0.800. The second-order valence-electron chi connectivity index (χ2n) is 1.72. The summed E-state index contributed by atoms with van der Waals surface area (Å²) in [4.78, 5) is 10.1. The highest BCUT2D eigenvalue weighted by molar-refractivity contribution is 14.1. The summed E-state index contributed by atoms with van der Waals surface area (Å²) in [6.07, 6.45) is -0.233. The van der Waals surface area contributed by atoms with Crippen LogP contribution in [0, 0.1) is 0 Å². The lowest BCUT2D eigenvalue weighted by Crippen LogP contribution is -2.27. The maximum atomic E-state index is 10.1. The standard InChI is InChI=1S/C5H9IO3/c1-2-3(7)4(6)5(8)9/h3-4,7H,2H2,1H3,(H,8,9)/t3-,4-/m1/s1. The Kier molecular flexibility index (Phi) is 4.12. The molecular formula is C5H9IO3. The number of carbonyl (C=O) groups is 1. The Morgan fingerprint density at radius 3 is 2.33 bits per heavy atom. The van der Waals surface area contributed by atoms with Gasteiger partial charge in [-0.3, -0.25) is 4.79 Å². The van der Waals surface area contributed by atoms with Gasteiger partial charge in [0.2, 0.25) is 0 Å². The molecule has 0 aliphatic rings. The smallest absolute Gasteiger partial charge is 0.319 e. The lowest BCUT2D eigenvalue weighted by molar-refractivity contribution is -0.137. The quantitative estimate of drug-likeness (QED) is 0.566.